The summed E-state index contributed by atoms with van der Waals surface area (Å²) in [7, 11) is 1.59. The lowest BCUT2D eigenvalue weighted by atomic mass is 10.2. The molecule has 0 unspecified atom stereocenters. The van der Waals surface area contributed by atoms with Crippen LogP contribution in [0.5, 0.6) is 0 Å². The number of hydrogen-bond acceptors (Lipinski definition) is 4. The number of carbonyl (C=O) groups is 1. The van der Waals surface area contributed by atoms with E-state index in [-0.39, 0.29) is 5.91 Å². The van der Waals surface area contributed by atoms with Gasteiger partial charge in [0.2, 0.25) is 0 Å². The summed E-state index contributed by atoms with van der Waals surface area (Å²) in [5, 5.41) is 1.83. The molecule has 1 heterocycles. The summed E-state index contributed by atoms with van der Waals surface area (Å²) in [5.41, 5.74) is 2.95. The normalized spacial score (nSPS) is 9.83. The van der Waals surface area contributed by atoms with Crippen LogP contribution in [0.2, 0.25) is 0 Å². The standard InChI is InChI=1S/C7H10N2O2S/c1-11-4-5-2-3-12-6(5)7(10)9-8/h2-3H,4,8H2,1H3,(H,9,10). The number of nitrogens with two attached hydrogens (primary N) is 1. The fourth-order valence-electron chi connectivity index (χ4n) is 0.870. The summed E-state index contributed by atoms with van der Waals surface area (Å²) in [6, 6.07) is 1.85. The topological polar surface area (TPSA) is 64.3 Å². The predicted molar refractivity (Wildman–Crippen MR) is 46.7 cm³/mol. The third-order valence-electron chi connectivity index (χ3n) is 1.38. The van der Waals surface area contributed by atoms with Crippen molar-refractivity contribution in [2.75, 3.05) is 7.11 Å². The van der Waals surface area contributed by atoms with E-state index < -0.39 is 0 Å². The van der Waals surface area contributed by atoms with Crippen molar-refractivity contribution in [2.24, 2.45) is 5.84 Å². The number of nitrogens with one attached hydrogen (secondary N) is 1. The molecule has 0 saturated carbocycles. The highest BCUT2D eigenvalue weighted by molar-refractivity contribution is 7.12. The van der Waals surface area contributed by atoms with Gasteiger partial charge in [0, 0.05) is 12.7 Å². The van der Waals surface area contributed by atoms with E-state index in [1.54, 1.807) is 7.11 Å². The maximum Gasteiger partial charge on any atom is 0.275 e. The Bertz CT molecular complexity index is 272. The summed E-state index contributed by atoms with van der Waals surface area (Å²) >= 11 is 1.35. The molecule has 1 rings (SSSR count). The zero-order chi connectivity index (χ0) is 8.97. The number of nitrogen functional groups attached to an aromatic ring is 1. The Morgan fingerprint density at radius 1 is 1.83 bits per heavy atom. The monoisotopic (exact) mass is 186 g/mol. The number of hydrogen-bond donors (Lipinski definition) is 2. The summed E-state index contributed by atoms with van der Waals surface area (Å²) in [6.07, 6.45) is 0. The van der Waals surface area contributed by atoms with Crippen LogP contribution in [0.25, 0.3) is 0 Å². The van der Waals surface area contributed by atoms with Crippen molar-refractivity contribution in [3.8, 4) is 0 Å². The predicted octanol–water partition coefficient (Wildman–Crippen LogP) is 0.498. The van der Waals surface area contributed by atoms with Gasteiger partial charge in [-0.1, -0.05) is 0 Å². The van der Waals surface area contributed by atoms with Crippen LogP contribution in [0, 0.1) is 0 Å². The molecule has 0 saturated heterocycles. The molecule has 0 aliphatic carbocycles. The van der Waals surface area contributed by atoms with Gasteiger partial charge in [0.15, 0.2) is 0 Å². The van der Waals surface area contributed by atoms with Crippen molar-refractivity contribution in [3.63, 3.8) is 0 Å². The maximum atomic E-state index is 11.1. The van der Waals surface area contributed by atoms with Gasteiger partial charge in [-0.25, -0.2) is 5.84 Å². The van der Waals surface area contributed by atoms with Gasteiger partial charge >= 0.3 is 0 Å². The minimum Gasteiger partial charge on any atom is -0.380 e. The number of methoxy groups -OCH3 is 1. The first kappa shape index (κ1) is 9.18. The Morgan fingerprint density at radius 3 is 3.17 bits per heavy atom. The molecule has 4 nitrogen and oxygen atoms in total. The Morgan fingerprint density at radius 2 is 2.58 bits per heavy atom. The zero-order valence-corrected chi connectivity index (χ0v) is 7.48. The molecule has 0 aromatic carbocycles. The molecule has 1 amide bonds. The minimum atomic E-state index is -0.267. The molecule has 0 radical (unpaired) electrons. The first-order chi connectivity index (χ1) is 5.79. The number of ether oxygens (including phenoxy) is 1. The fraction of sp³-hybridized carbons (Fsp3) is 0.286. The number of carbonyl (C=O) groups excluding carboxylic acids is 1. The van der Waals surface area contributed by atoms with Crippen molar-refractivity contribution in [3.05, 3.63) is 21.9 Å². The van der Waals surface area contributed by atoms with Crippen molar-refractivity contribution in [1.29, 1.82) is 0 Å². The van der Waals surface area contributed by atoms with Gasteiger partial charge in [-0.2, -0.15) is 0 Å². The summed E-state index contributed by atoms with van der Waals surface area (Å²) in [6.45, 7) is 0.437. The lowest BCUT2D eigenvalue weighted by Crippen LogP contribution is -2.29. The van der Waals surface area contributed by atoms with Crippen LogP contribution in [-0.4, -0.2) is 13.0 Å². The third kappa shape index (κ3) is 1.82. The smallest absolute Gasteiger partial charge is 0.275 e. The second-order valence-electron chi connectivity index (χ2n) is 2.18. The van der Waals surface area contributed by atoms with Crippen LogP contribution in [-0.2, 0) is 11.3 Å². The highest BCUT2D eigenvalue weighted by Gasteiger charge is 2.10. The first-order valence-corrected chi connectivity index (χ1v) is 4.23. The van der Waals surface area contributed by atoms with E-state index in [0.29, 0.717) is 11.5 Å². The van der Waals surface area contributed by atoms with Crippen LogP contribution < -0.4 is 11.3 Å². The van der Waals surface area contributed by atoms with Crippen LogP contribution in [0.4, 0.5) is 0 Å². The van der Waals surface area contributed by atoms with Crippen LogP contribution in [0.3, 0.4) is 0 Å². The van der Waals surface area contributed by atoms with Crippen LogP contribution in [0.15, 0.2) is 11.4 Å². The maximum absolute atomic E-state index is 11.1. The molecule has 0 atom stereocenters. The second-order valence-corrected chi connectivity index (χ2v) is 3.10. The third-order valence-corrected chi connectivity index (χ3v) is 2.34. The molecule has 1 aromatic rings. The molecule has 5 heteroatoms. The van der Waals surface area contributed by atoms with Crippen LogP contribution >= 0.6 is 11.3 Å². The number of rotatable bonds is 3. The molecule has 0 fully saturated rings. The molecule has 1 aromatic heterocycles. The average molecular weight is 186 g/mol. The van der Waals surface area contributed by atoms with E-state index in [0.717, 1.165) is 5.56 Å². The van der Waals surface area contributed by atoms with Crippen molar-refractivity contribution < 1.29 is 9.53 Å². The zero-order valence-electron chi connectivity index (χ0n) is 6.66. The summed E-state index contributed by atoms with van der Waals surface area (Å²) in [4.78, 5) is 11.7. The van der Waals surface area contributed by atoms with Gasteiger partial charge in [-0.15, -0.1) is 11.3 Å². The summed E-state index contributed by atoms with van der Waals surface area (Å²) in [5.74, 6) is 4.73. The van der Waals surface area contributed by atoms with Crippen molar-refractivity contribution >= 4 is 17.2 Å². The molecule has 3 N–H and O–H groups in total. The Labute approximate surface area is 74.3 Å². The Hall–Kier alpha value is -0.910. The average Bonchev–Trinajstić information content (AvgIpc) is 2.52. The minimum absolute atomic E-state index is 0.267. The highest BCUT2D eigenvalue weighted by atomic mass is 32.1. The van der Waals surface area contributed by atoms with Gasteiger partial charge < -0.3 is 4.74 Å². The van der Waals surface area contributed by atoms with E-state index in [1.165, 1.54) is 11.3 Å². The summed E-state index contributed by atoms with van der Waals surface area (Å²) < 4.78 is 4.91. The Kier molecular flexibility index (Phi) is 3.21. The van der Waals surface area contributed by atoms with E-state index in [4.69, 9.17) is 10.6 Å². The van der Waals surface area contributed by atoms with Gasteiger partial charge in [0.1, 0.15) is 0 Å². The molecular weight excluding hydrogens is 176 g/mol. The van der Waals surface area contributed by atoms with Crippen molar-refractivity contribution in [2.45, 2.75) is 6.61 Å². The van der Waals surface area contributed by atoms with Crippen molar-refractivity contribution in [1.82, 2.24) is 5.43 Å². The van der Waals surface area contributed by atoms with E-state index in [2.05, 4.69) is 5.43 Å². The SMILES string of the molecule is COCc1ccsc1C(=O)NN. The lowest BCUT2D eigenvalue weighted by molar-refractivity contribution is 0.0953. The Balaban J connectivity index is 2.83. The first-order valence-electron chi connectivity index (χ1n) is 3.36. The molecular formula is C7H10N2O2S. The quantitative estimate of drug-likeness (QED) is 0.410. The van der Waals surface area contributed by atoms with E-state index in [1.807, 2.05) is 11.4 Å². The van der Waals surface area contributed by atoms with E-state index >= 15 is 0 Å². The van der Waals surface area contributed by atoms with Gasteiger partial charge in [0.25, 0.3) is 5.91 Å². The molecule has 0 spiro atoms. The molecule has 66 valence electrons. The van der Waals surface area contributed by atoms with Crippen LogP contribution in [0.1, 0.15) is 15.2 Å². The molecule has 12 heavy (non-hydrogen) atoms. The van der Waals surface area contributed by atoms with Gasteiger partial charge in [0.05, 0.1) is 11.5 Å². The number of thiophene rings is 1. The van der Waals surface area contributed by atoms with Gasteiger partial charge in [-0.3, -0.25) is 10.2 Å². The fourth-order valence-corrected chi connectivity index (χ4v) is 1.68. The van der Waals surface area contributed by atoms with Gasteiger partial charge in [-0.05, 0) is 11.4 Å². The second kappa shape index (κ2) is 4.20. The largest absolute Gasteiger partial charge is 0.380 e. The number of hydrazine groups is 1. The molecule has 0 aliphatic rings. The lowest BCUT2D eigenvalue weighted by Gasteiger charge is -1.99. The molecule has 0 aliphatic heterocycles. The molecule has 0 bridgehead atoms. The number of amides is 1. The highest BCUT2D eigenvalue weighted by Crippen LogP contribution is 2.16. The van der Waals surface area contributed by atoms with E-state index in [9.17, 15) is 4.79 Å².